The van der Waals surface area contributed by atoms with Crippen LogP contribution in [0, 0.1) is 0 Å². The summed E-state index contributed by atoms with van der Waals surface area (Å²) in [6, 6.07) is 8.70. The molecule has 0 saturated carbocycles. The molecule has 0 aliphatic carbocycles. The first-order valence-electron chi connectivity index (χ1n) is 7.49. The highest BCUT2D eigenvalue weighted by Crippen LogP contribution is 2.23. The molecule has 0 spiro atoms. The highest BCUT2D eigenvalue weighted by atomic mass is 35.5. The van der Waals surface area contributed by atoms with Crippen LogP contribution in [0.4, 0.5) is 0 Å². The van der Waals surface area contributed by atoms with Crippen LogP contribution in [0.3, 0.4) is 0 Å². The topological polar surface area (TPSA) is 12.0 Å². The Balaban J connectivity index is 2.29. The van der Waals surface area contributed by atoms with E-state index in [0.717, 1.165) is 23.7 Å². The summed E-state index contributed by atoms with van der Waals surface area (Å²) < 4.78 is 0. The molecule has 0 aliphatic heterocycles. The number of thioether (sulfide) groups is 1. The fourth-order valence-electron chi connectivity index (χ4n) is 2.14. The lowest BCUT2D eigenvalue weighted by Gasteiger charge is -2.17. The fraction of sp³-hybridized carbons (Fsp3) is 0.529. The van der Waals surface area contributed by atoms with Gasteiger partial charge in [-0.15, -0.1) is 18.3 Å². The third-order valence-corrected chi connectivity index (χ3v) is 4.59. The Bertz CT molecular complexity index is 381. The maximum absolute atomic E-state index is 6.02. The molecule has 1 aromatic rings. The normalized spacial score (nSPS) is 12.3. The summed E-state index contributed by atoms with van der Waals surface area (Å²) in [7, 11) is 0. The summed E-state index contributed by atoms with van der Waals surface area (Å²) in [5, 5.41) is 4.40. The fourth-order valence-corrected chi connectivity index (χ4v) is 3.46. The number of unbranched alkanes of at least 4 members (excludes halogenated alkanes) is 3. The van der Waals surface area contributed by atoms with E-state index in [2.05, 4.69) is 24.9 Å². The smallest absolute Gasteiger partial charge is 0.0417 e. The highest BCUT2D eigenvalue weighted by molar-refractivity contribution is 7.99. The van der Waals surface area contributed by atoms with Crippen molar-refractivity contribution in [3.8, 4) is 0 Å². The number of halogens is 1. The van der Waals surface area contributed by atoms with Crippen molar-refractivity contribution in [1.82, 2.24) is 5.32 Å². The van der Waals surface area contributed by atoms with E-state index < -0.39 is 0 Å². The summed E-state index contributed by atoms with van der Waals surface area (Å²) >= 11 is 7.90. The van der Waals surface area contributed by atoms with Crippen LogP contribution in [-0.2, 0) is 0 Å². The van der Waals surface area contributed by atoms with E-state index in [0.29, 0.717) is 6.04 Å². The van der Waals surface area contributed by atoms with Gasteiger partial charge in [-0.1, -0.05) is 43.5 Å². The van der Waals surface area contributed by atoms with Gasteiger partial charge in [0, 0.05) is 21.7 Å². The van der Waals surface area contributed by atoms with Crippen molar-refractivity contribution in [3.63, 3.8) is 0 Å². The second-order valence-electron chi connectivity index (χ2n) is 4.95. The first kappa shape index (κ1) is 17.6. The Kier molecular flexibility index (Phi) is 9.90. The zero-order valence-electron chi connectivity index (χ0n) is 12.4. The maximum Gasteiger partial charge on any atom is 0.0417 e. The highest BCUT2D eigenvalue weighted by Gasteiger charge is 2.08. The quantitative estimate of drug-likeness (QED) is 0.327. The minimum atomic E-state index is 0.590. The molecule has 1 rings (SSSR count). The minimum Gasteiger partial charge on any atom is -0.313 e. The van der Waals surface area contributed by atoms with Crippen molar-refractivity contribution < 1.29 is 0 Å². The molecule has 0 heterocycles. The second-order valence-corrected chi connectivity index (χ2v) is 6.48. The first-order chi connectivity index (χ1) is 9.76. The molecular weight excluding hydrogens is 286 g/mol. The van der Waals surface area contributed by atoms with Gasteiger partial charge >= 0.3 is 0 Å². The Hall–Kier alpha value is -0.440. The lowest BCUT2D eigenvalue weighted by molar-refractivity contribution is 0.502. The maximum atomic E-state index is 6.02. The molecule has 0 bridgehead atoms. The van der Waals surface area contributed by atoms with Crippen molar-refractivity contribution in [2.75, 3.05) is 12.3 Å². The molecule has 1 atom stereocenters. The van der Waals surface area contributed by atoms with E-state index >= 15 is 0 Å². The van der Waals surface area contributed by atoms with Gasteiger partial charge in [0.05, 0.1) is 0 Å². The summed E-state index contributed by atoms with van der Waals surface area (Å²) in [5.41, 5.74) is 0. The number of hydrogen-bond donors (Lipinski definition) is 1. The molecule has 0 amide bonds. The lowest BCUT2D eigenvalue weighted by atomic mass is 10.1. The van der Waals surface area contributed by atoms with Crippen molar-refractivity contribution in [2.24, 2.45) is 0 Å². The van der Waals surface area contributed by atoms with E-state index in [-0.39, 0.29) is 0 Å². The van der Waals surface area contributed by atoms with Crippen molar-refractivity contribution in [2.45, 2.75) is 50.0 Å². The summed E-state index contributed by atoms with van der Waals surface area (Å²) in [6.07, 6.45) is 8.26. The molecule has 1 nitrogen and oxygen atoms in total. The van der Waals surface area contributed by atoms with Crippen molar-refractivity contribution in [1.29, 1.82) is 0 Å². The van der Waals surface area contributed by atoms with E-state index in [4.69, 9.17) is 11.6 Å². The van der Waals surface area contributed by atoms with Gasteiger partial charge in [-0.3, -0.25) is 0 Å². The summed E-state index contributed by atoms with van der Waals surface area (Å²) in [6.45, 7) is 6.98. The molecule has 0 aliphatic rings. The summed E-state index contributed by atoms with van der Waals surface area (Å²) in [4.78, 5) is 1.26. The number of nitrogens with one attached hydrogen (secondary N) is 1. The molecule has 0 aromatic heterocycles. The minimum absolute atomic E-state index is 0.590. The molecule has 1 aromatic carbocycles. The predicted molar refractivity (Wildman–Crippen MR) is 92.9 cm³/mol. The van der Waals surface area contributed by atoms with Crippen LogP contribution >= 0.6 is 23.4 Å². The van der Waals surface area contributed by atoms with Gasteiger partial charge in [-0.2, -0.15) is 0 Å². The van der Waals surface area contributed by atoms with Crippen LogP contribution < -0.4 is 5.32 Å². The van der Waals surface area contributed by atoms with Gasteiger partial charge in [-0.05, 0) is 44.0 Å². The zero-order chi connectivity index (χ0) is 14.6. The molecule has 0 fully saturated rings. The third-order valence-electron chi connectivity index (χ3n) is 3.20. The third kappa shape index (κ3) is 7.98. The largest absolute Gasteiger partial charge is 0.313 e. The molecule has 112 valence electrons. The van der Waals surface area contributed by atoms with Gasteiger partial charge in [0.1, 0.15) is 0 Å². The Labute approximate surface area is 133 Å². The lowest BCUT2D eigenvalue weighted by Crippen LogP contribution is -2.31. The van der Waals surface area contributed by atoms with Gasteiger partial charge < -0.3 is 5.32 Å². The van der Waals surface area contributed by atoms with Crippen LogP contribution in [0.1, 0.15) is 39.0 Å². The monoisotopic (exact) mass is 311 g/mol. The van der Waals surface area contributed by atoms with Gasteiger partial charge in [-0.25, -0.2) is 0 Å². The van der Waals surface area contributed by atoms with Crippen LogP contribution in [0.15, 0.2) is 41.8 Å². The van der Waals surface area contributed by atoms with Crippen LogP contribution in [-0.4, -0.2) is 18.3 Å². The van der Waals surface area contributed by atoms with Crippen molar-refractivity contribution in [3.05, 3.63) is 41.9 Å². The number of benzene rings is 1. The van der Waals surface area contributed by atoms with Gasteiger partial charge in [0.15, 0.2) is 0 Å². The standard InChI is InChI=1S/C17H26ClNS/c1-3-5-6-7-8-11-16(19-4-2)14-20-17-12-9-10-15(18)13-17/h3,9-10,12-13,16,19H,1,4-8,11,14H2,2H3. The predicted octanol–water partition coefficient (Wildman–Crippen LogP) is 5.55. The molecular formula is C17H26ClNS. The van der Waals surface area contributed by atoms with Crippen molar-refractivity contribution >= 4 is 23.4 Å². The molecule has 20 heavy (non-hydrogen) atoms. The summed E-state index contributed by atoms with van der Waals surface area (Å²) in [5.74, 6) is 1.11. The van der Waals surface area contributed by atoms with Crippen LogP contribution in [0.25, 0.3) is 0 Å². The number of allylic oxidation sites excluding steroid dienone is 1. The first-order valence-corrected chi connectivity index (χ1v) is 8.85. The Morgan fingerprint density at radius 1 is 1.35 bits per heavy atom. The SMILES string of the molecule is C=CCCCCCC(CSc1cccc(Cl)c1)NCC. The second kappa shape index (κ2) is 11.2. The number of rotatable bonds is 11. The molecule has 0 saturated heterocycles. The van der Waals surface area contributed by atoms with Crippen LogP contribution in [0.2, 0.25) is 5.02 Å². The zero-order valence-corrected chi connectivity index (χ0v) is 14.0. The molecule has 0 radical (unpaired) electrons. The van der Waals surface area contributed by atoms with E-state index in [9.17, 15) is 0 Å². The van der Waals surface area contributed by atoms with E-state index in [1.807, 2.05) is 36.0 Å². The van der Waals surface area contributed by atoms with Gasteiger partial charge in [0.25, 0.3) is 0 Å². The Morgan fingerprint density at radius 2 is 2.20 bits per heavy atom. The van der Waals surface area contributed by atoms with E-state index in [1.54, 1.807) is 0 Å². The average molecular weight is 312 g/mol. The molecule has 3 heteroatoms. The molecule has 1 N–H and O–H groups in total. The van der Waals surface area contributed by atoms with Gasteiger partial charge in [0.2, 0.25) is 0 Å². The Morgan fingerprint density at radius 3 is 2.90 bits per heavy atom. The average Bonchev–Trinajstić information content (AvgIpc) is 2.44. The molecule has 1 unspecified atom stereocenters. The van der Waals surface area contributed by atoms with Crippen LogP contribution in [0.5, 0.6) is 0 Å². The van der Waals surface area contributed by atoms with E-state index in [1.165, 1.54) is 30.6 Å². The number of hydrogen-bond acceptors (Lipinski definition) is 2.